The molecule has 8 heteroatoms. The maximum absolute atomic E-state index is 12.3. The minimum atomic E-state index is -0.253. The number of allylic oxidation sites excluding steroid dienone is 1. The summed E-state index contributed by atoms with van der Waals surface area (Å²) in [5.41, 5.74) is 6.29. The molecule has 1 heterocycles. The molecule has 0 aliphatic carbocycles. The number of halogens is 2. The van der Waals surface area contributed by atoms with Crippen molar-refractivity contribution in [2.75, 3.05) is 5.75 Å². The Hall–Kier alpha value is -3.06. The molecule has 166 valence electrons. The molecule has 0 unspecified atom stereocenters. The van der Waals surface area contributed by atoms with Crippen molar-refractivity contribution in [3.8, 4) is 0 Å². The van der Waals surface area contributed by atoms with Crippen molar-refractivity contribution >= 4 is 64.2 Å². The fraction of sp³-hybridized carbons (Fsp3) is 0.0800. The van der Waals surface area contributed by atoms with Crippen LogP contribution in [-0.2, 0) is 11.3 Å². The van der Waals surface area contributed by atoms with Crippen LogP contribution in [-0.4, -0.2) is 27.4 Å². The molecule has 1 amide bonds. The zero-order chi connectivity index (χ0) is 23.0. The average molecular weight is 495 g/mol. The summed E-state index contributed by atoms with van der Waals surface area (Å²) < 4.78 is 2.07. The van der Waals surface area contributed by atoms with Crippen LogP contribution in [0.25, 0.3) is 17.1 Å². The van der Waals surface area contributed by atoms with E-state index in [1.54, 1.807) is 6.08 Å². The number of para-hydroxylation sites is 2. The number of hydrazone groups is 1. The van der Waals surface area contributed by atoms with Crippen LogP contribution >= 0.6 is 35.0 Å². The Morgan fingerprint density at radius 2 is 1.76 bits per heavy atom. The normalized spacial score (nSPS) is 11.9. The van der Waals surface area contributed by atoms with Gasteiger partial charge in [0.15, 0.2) is 5.16 Å². The smallest absolute Gasteiger partial charge is 0.250 e. The number of nitrogens with one attached hydrogen (secondary N) is 1. The molecule has 0 aliphatic rings. The number of carbonyl (C=O) groups excluding carboxylic acids is 1. The molecule has 0 aliphatic heterocycles. The number of benzene rings is 3. The second-order valence-electron chi connectivity index (χ2n) is 7.08. The van der Waals surface area contributed by atoms with Gasteiger partial charge in [0.1, 0.15) is 0 Å². The van der Waals surface area contributed by atoms with E-state index in [0.29, 0.717) is 16.6 Å². The standard InChI is InChI=1S/C25H20Cl2N4OS/c26-20(14-18-8-2-1-3-9-18)15-28-30-24(32)17-33-25-29-22-12-6-7-13-23(22)31(25)16-19-10-4-5-11-21(19)27/h1-15H,16-17H2,(H,30,32). The van der Waals surface area contributed by atoms with Gasteiger partial charge in [-0.05, 0) is 35.4 Å². The van der Waals surface area contributed by atoms with Crippen molar-refractivity contribution in [3.63, 3.8) is 0 Å². The van der Waals surface area contributed by atoms with Gasteiger partial charge < -0.3 is 4.57 Å². The third-order valence-corrected chi connectivity index (χ3v) is 6.27. The summed E-state index contributed by atoms with van der Waals surface area (Å²) in [7, 11) is 0. The second-order valence-corrected chi connectivity index (χ2v) is 8.87. The Bertz CT molecular complexity index is 1320. The molecule has 0 radical (unpaired) electrons. The molecule has 5 nitrogen and oxygen atoms in total. The number of rotatable bonds is 8. The average Bonchev–Trinajstić information content (AvgIpc) is 3.17. The predicted octanol–water partition coefficient (Wildman–Crippen LogP) is 6.21. The monoisotopic (exact) mass is 494 g/mol. The van der Waals surface area contributed by atoms with E-state index in [4.69, 9.17) is 28.2 Å². The summed E-state index contributed by atoms with van der Waals surface area (Å²) in [6.45, 7) is 0.558. The third-order valence-electron chi connectivity index (χ3n) is 4.72. The number of imidazole rings is 1. The van der Waals surface area contributed by atoms with Gasteiger partial charge in [-0.2, -0.15) is 5.10 Å². The van der Waals surface area contributed by atoms with Gasteiger partial charge in [-0.15, -0.1) is 0 Å². The van der Waals surface area contributed by atoms with Crippen LogP contribution in [0, 0.1) is 0 Å². The van der Waals surface area contributed by atoms with E-state index in [0.717, 1.165) is 27.3 Å². The van der Waals surface area contributed by atoms with Gasteiger partial charge in [0.2, 0.25) is 0 Å². The molecule has 0 spiro atoms. The van der Waals surface area contributed by atoms with E-state index in [1.807, 2.05) is 78.9 Å². The van der Waals surface area contributed by atoms with Crippen molar-refractivity contribution in [3.05, 3.63) is 100 Å². The number of amides is 1. The first-order valence-electron chi connectivity index (χ1n) is 10.2. The molecule has 0 saturated carbocycles. The van der Waals surface area contributed by atoms with Gasteiger partial charge >= 0.3 is 0 Å². The van der Waals surface area contributed by atoms with E-state index in [-0.39, 0.29) is 11.7 Å². The molecule has 4 rings (SSSR count). The Morgan fingerprint density at radius 1 is 1.03 bits per heavy atom. The van der Waals surface area contributed by atoms with Crippen LogP contribution in [0.4, 0.5) is 0 Å². The SMILES string of the molecule is O=C(CSc1nc2ccccc2n1Cc1ccccc1Cl)NN=CC(Cl)=Cc1ccccc1. The summed E-state index contributed by atoms with van der Waals surface area (Å²) in [5, 5.41) is 5.78. The number of aromatic nitrogens is 2. The summed E-state index contributed by atoms with van der Waals surface area (Å²) in [5.74, 6) is -0.0970. The highest BCUT2D eigenvalue weighted by Crippen LogP contribution is 2.27. The van der Waals surface area contributed by atoms with Gasteiger partial charge in [0, 0.05) is 5.02 Å². The Morgan fingerprint density at radius 3 is 2.58 bits per heavy atom. The van der Waals surface area contributed by atoms with Crippen molar-refractivity contribution in [1.82, 2.24) is 15.0 Å². The number of hydrogen-bond acceptors (Lipinski definition) is 4. The van der Waals surface area contributed by atoms with E-state index < -0.39 is 0 Å². The van der Waals surface area contributed by atoms with Crippen molar-refractivity contribution in [2.45, 2.75) is 11.7 Å². The molecule has 0 fully saturated rings. The minimum absolute atomic E-state index is 0.156. The van der Waals surface area contributed by atoms with Crippen LogP contribution in [0.2, 0.25) is 5.02 Å². The van der Waals surface area contributed by atoms with Crippen molar-refractivity contribution in [1.29, 1.82) is 0 Å². The summed E-state index contributed by atoms with van der Waals surface area (Å²) >= 11 is 13.9. The lowest BCUT2D eigenvalue weighted by atomic mass is 10.2. The molecule has 1 aromatic heterocycles. The zero-order valence-corrected chi connectivity index (χ0v) is 19.8. The maximum Gasteiger partial charge on any atom is 0.250 e. The first-order valence-corrected chi connectivity index (χ1v) is 11.9. The highest BCUT2D eigenvalue weighted by atomic mass is 35.5. The summed E-state index contributed by atoms with van der Waals surface area (Å²) in [6, 6.07) is 25.2. The summed E-state index contributed by atoms with van der Waals surface area (Å²) in [4.78, 5) is 17.0. The Kier molecular flexibility index (Phi) is 7.83. The number of thioether (sulfide) groups is 1. The number of nitrogens with zero attached hydrogens (tertiary/aromatic N) is 3. The topological polar surface area (TPSA) is 59.3 Å². The van der Waals surface area contributed by atoms with Crippen LogP contribution in [0.5, 0.6) is 0 Å². The lowest BCUT2D eigenvalue weighted by Gasteiger charge is -2.10. The van der Waals surface area contributed by atoms with Crippen molar-refractivity contribution in [2.24, 2.45) is 5.10 Å². The van der Waals surface area contributed by atoms with Gasteiger partial charge in [0.25, 0.3) is 5.91 Å². The van der Waals surface area contributed by atoms with E-state index in [9.17, 15) is 4.79 Å². The van der Waals surface area contributed by atoms with Crippen molar-refractivity contribution < 1.29 is 4.79 Å². The van der Waals surface area contributed by atoms with Gasteiger partial charge in [0.05, 0.1) is 34.6 Å². The zero-order valence-electron chi connectivity index (χ0n) is 17.5. The molecule has 3 aromatic carbocycles. The van der Waals surface area contributed by atoms with Gasteiger partial charge in [-0.1, -0.05) is 95.6 Å². The molecule has 33 heavy (non-hydrogen) atoms. The molecule has 4 aromatic rings. The number of fused-ring (bicyclic) bond motifs is 1. The molecule has 1 N–H and O–H groups in total. The first-order chi connectivity index (χ1) is 16.1. The molecular formula is C25H20Cl2N4OS. The van der Waals surface area contributed by atoms with Gasteiger partial charge in [-0.25, -0.2) is 10.4 Å². The number of carbonyl (C=O) groups is 1. The molecular weight excluding hydrogens is 475 g/mol. The lowest BCUT2D eigenvalue weighted by molar-refractivity contribution is -0.118. The Labute approximate surface area is 206 Å². The first kappa shape index (κ1) is 23.1. The highest BCUT2D eigenvalue weighted by molar-refractivity contribution is 7.99. The third kappa shape index (κ3) is 6.26. The number of hydrogen-bond donors (Lipinski definition) is 1. The van der Waals surface area contributed by atoms with E-state index in [1.165, 1.54) is 18.0 Å². The van der Waals surface area contributed by atoms with Crippen LogP contribution in [0.3, 0.4) is 0 Å². The lowest BCUT2D eigenvalue weighted by Crippen LogP contribution is -2.20. The summed E-state index contributed by atoms with van der Waals surface area (Å²) in [6.07, 6.45) is 3.17. The van der Waals surface area contributed by atoms with Crippen LogP contribution in [0.15, 0.2) is 94.2 Å². The molecule has 0 bridgehead atoms. The fourth-order valence-corrected chi connectivity index (χ4v) is 4.36. The minimum Gasteiger partial charge on any atom is -0.314 e. The van der Waals surface area contributed by atoms with E-state index in [2.05, 4.69) is 15.1 Å². The van der Waals surface area contributed by atoms with Crippen LogP contribution in [0.1, 0.15) is 11.1 Å². The fourth-order valence-electron chi connectivity index (χ4n) is 3.19. The van der Waals surface area contributed by atoms with E-state index >= 15 is 0 Å². The predicted molar refractivity (Wildman–Crippen MR) is 138 cm³/mol. The maximum atomic E-state index is 12.3. The molecule has 0 atom stereocenters. The van der Waals surface area contributed by atoms with Crippen LogP contribution < -0.4 is 5.43 Å². The quantitative estimate of drug-likeness (QED) is 0.180. The highest BCUT2D eigenvalue weighted by Gasteiger charge is 2.14. The Balaban J connectivity index is 1.42. The molecule has 0 saturated heterocycles. The largest absolute Gasteiger partial charge is 0.314 e. The van der Waals surface area contributed by atoms with Gasteiger partial charge in [-0.3, -0.25) is 4.79 Å². The second kappa shape index (κ2) is 11.2.